The third-order valence-corrected chi connectivity index (χ3v) is 12.6. The zero-order valence-electron chi connectivity index (χ0n) is 33.6. The molecule has 6 rings (SSSR count). The van der Waals surface area contributed by atoms with Gasteiger partial charge in [-0.3, -0.25) is 4.79 Å². The number of aliphatic hydroxyl groups excluding tert-OH is 2. The number of carbonyl (C=O) groups excluding carboxylic acids is 1. The van der Waals surface area contributed by atoms with Gasteiger partial charge in [0.05, 0.1) is 61.5 Å². The molecule has 2 aliphatic carbocycles. The molecule has 0 aromatic carbocycles. The standard InChI is InChI=1S/C40H60O16/c1-19-24(11-12-49-19)39(45)54-27-10-9-23-13-28(26(41)18-40(23,5)25(27)14-32(42)43)53-33-16-30(47-7)37(21(3)51-33)56-35-17-31(48-8)38(22(4)52-35)55-34-15-29(46-6)36(44)20(2)50-34/h9,11-12,20-22,25-31,33-38,41,44H,10,13-18H2,1-8H3,(H,42,43). The molecule has 16 heteroatoms. The number of ether oxygens (including phenoxy) is 10. The van der Waals surface area contributed by atoms with E-state index in [1.54, 1.807) is 35.2 Å². The van der Waals surface area contributed by atoms with Crippen molar-refractivity contribution in [3.8, 4) is 0 Å². The van der Waals surface area contributed by atoms with Gasteiger partial charge in [-0.15, -0.1) is 0 Å². The number of methoxy groups -OCH3 is 3. The number of aryl methyl sites for hydroxylation is 1. The van der Waals surface area contributed by atoms with Crippen LogP contribution in [0.4, 0.5) is 0 Å². The molecule has 4 fully saturated rings. The van der Waals surface area contributed by atoms with E-state index in [2.05, 4.69) is 0 Å². The largest absolute Gasteiger partial charge is 0.481 e. The van der Waals surface area contributed by atoms with Gasteiger partial charge in [0, 0.05) is 52.9 Å². The van der Waals surface area contributed by atoms with Gasteiger partial charge in [0.25, 0.3) is 0 Å². The highest BCUT2D eigenvalue weighted by atomic mass is 16.7. The Labute approximate surface area is 327 Å². The lowest BCUT2D eigenvalue weighted by atomic mass is 9.57. The first-order valence-electron chi connectivity index (χ1n) is 19.7. The van der Waals surface area contributed by atoms with Gasteiger partial charge in [-0.1, -0.05) is 18.6 Å². The van der Waals surface area contributed by atoms with Gasteiger partial charge in [0.2, 0.25) is 0 Å². The minimum absolute atomic E-state index is 0.214. The van der Waals surface area contributed by atoms with Crippen molar-refractivity contribution in [1.82, 2.24) is 0 Å². The molecule has 3 N–H and O–H groups in total. The zero-order valence-corrected chi connectivity index (χ0v) is 33.6. The molecule has 316 valence electrons. The number of aliphatic hydroxyl groups is 2. The monoisotopic (exact) mass is 796 g/mol. The van der Waals surface area contributed by atoms with E-state index in [1.165, 1.54) is 12.3 Å². The van der Waals surface area contributed by atoms with Gasteiger partial charge in [-0.2, -0.15) is 0 Å². The summed E-state index contributed by atoms with van der Waals surface area (Å²) < 4.78 is 66.3. The average molecular weight is 797 g/mol. The summed E-state index contributed by atoms with van der Waals surface area (Å²) in [6, 6.07) is 1.53. The first-order chi connectivity index (χ1) is 26.6. The number of carbonyl (C=O) groups is 2. The summed E-state index contributed by atoms with van der Waals surface area (Å²) in [5.41, 5.74) is 0.500. The van der Waals surface area contributed by atoms with Gasteiger partial charge in [0.1, 0.15) is 35.7 Å². The Morgan fingerprint density at radius 1 is 0.804 bits per heavy atom. The fourth-order valence-corrected chi connectivity index (χ4v) is 9.34. The Hall–Kier alpha value is -2.48. The van der Waals surface area contributed by atoms with E-state index >= 15 is 0 Å². The second-order valence-corrected chi connectivity index (χ2v) is 16.1. The quantitative estimate of drug-likeness (QED) is 0.193. The molecule has 1 aromatic heterocycles. The van der Waals surface area contributed by atoms with E-state index in [0.29, 0.717) is 43.4 Å². The van der Waals surface area contributed by atoms with Crippen molar-refractivity contribution >= 4 is 11.9 Å². The van der Waals surface area contributed by atoms with Crippen LogP contribution in [0.3, 0.4) is 0 Å². The molecule has 56 heavy (non-hydrogen) atoms. The SMILES string of the molecule is COC1CC(OC2C(C)OC(OC3C(C)OC(OC4CC5=CCC(OC(=O)c6ccoc6C)C(CC(=O)O)C5(C)CC4O)CC3OC)CC2OC)OC(C)C1O. The Bertz CT molecular complexity index is 1510. The summed E-state index contributed by atoms with van der Waals surface area (Å²) in [4.78, 5) is 25.1. The molecule has 0 amide bonds. The molecular weight excluding hydrogens is 736 g/mol. The third kappa shape index (κ3) is 9.20. The number of carboxylic acids is 1. The molecule has 17 unspecified atom stereocenters. The minimum Gasteiger partial charge on any atom is -0.481 e. The molecule has 1 aromatic rings. The molecule has 3 saturated heterocycles. The van der Waals surface area contributed by atoms with Gasteiger partial charge >= 0.3 is 11.9 Å². The molecule has 16 nitrogen and oxygen atoms in total. The highest BCUT2D eigenvalue weighted by Gasteiger charge is 2.53. The summed E-state index contributed by atoms with van der Waals surface area (Å²) in [5, 5.41) is 31.8. The van der Waals surface area contributed by atoms with Crippen LogP contribution >= 0.6 is 0 Å². The second kappa shape index (κ2) is 18.2. The Morgan fingerprint density at radius 2 is 1.36 bits per heavy atom. The lowest BCUT2D eigenvalue weighted by Gasteiger charge is -2.52. The van der Waals surface area contributed by atoms with Crippen molar-refractivity contribution in [3.05, 3.63) is 35.3 Å². The van der Waals surface area contributed by atoms with Crippen LogP contribution in [0.5, 0.6) is 0 Å². The van der Waals surface area contributed by atoms with Crippen LogP contribution in [0.25, 0.3) is 0 Å². The van der Waals surface area contributed by atoms with Crippen LogP contribution < -0.4 is 0 Å². The van der Waals surface area contributed by atoms with Crippen LogP contribution in [0.1, 0.15) is 88.8 Å². The van der Waals surface area contributed by atoms with Crippen molar-refractivity contribution in [2.45, 2.75) is 172 Å². The second-order valence-electron chi connectivity index (χ2n) is 16.1. The number of furan rings is 1. The van der Waals surface area contributed by atoms with Crippen molar-refractivity contribution in [1.29, 1.82) is 0 Å². The minimum atomic E-state index is -1.01. The number of hydrogen-bond acceptors (Lipinski definition) is 15. The van der Waals surface area contributed by atoms with E-state index in [4.69, 9.17) is 51.8 Å². The third-order valence-electron chi connectivity index (χ3n) is 12.6. The molecule has 0 radical (unpaired) electrons. The fourth-order valence-electron chi connectivity index (χ4n) is 9.34. The molecule has 17 atom stereocenters. The number of fused-ring (bicyclic) bond motifs is 1. The van der Waals surface area contributed by atoms with Gasteiger partial charge in [-0.05, 0) is 52.0 Å². The number of carboxylic acid groups (broad SMARTS) is 1. The first kappa shape index (κ1) is 43.1. The van der Waals surface area contributed by atoms with E-state index in [9.17, 15) is 24.9 Å². The normalized spacial score (nSPS) is 43.1. The van der Waals surface area contributed by atoms with Crippen molar-refractivity contribution in [2.24, 2.45) is 11.3 Å². The highest BCUT2D eigenvalue weighted by Crippen LogP contribution is 2.53. The summed E-state index contributed by atoms with van der Waals surface area (Å²) in [7, 11) is 4.77. The fraction of sp³-hybridized carbons (Fsp3) is 0.800. The molecule has 1 saturated carbocycles. The topological polar surface area (TPSA) is 200 Å². The molecule has 0 bridgehead atoms. The molecule has 0 spiro atoms. The lowest BCUT2D eigenvalue weighted by molar-refractivity contribution is -0.339. The van der Waals surface area contributed by atoms with Gasteiger partial charge in [0.15, 0.2) is 18.9 Å². The highest BCUT2D eigenvalue weighted by molar-refractivity contribution is 5.90. The molecule has 5 aliphatic rings. The van der Waals surface area contributed by atoms with Crippen molar-refractivity contribution in [3.63, 3.8) is 0 Å². The van der Waals surface area contributed by atoms with E-state index in [-0.39, 0.29) is 18.9 Å². The smallest absolute Gasteiger partial charge is 0.341 e. The summed E-state index contributed by atoms with van der Waals surface area (Å²) in [5.74, 6) is -1.73. The van der Waals surface area contributed by atoms with Crippen LogP contribution in [0, 0.1) is 18.3 Å². The van der Waals surface area contributed by atoms with Crippen molar-refractivity contribution in [2.75, 3.05) is 21.3 Å². The number of aliphatic carboxylic acids is 1. The number of hydrogen-bond donors (Lipinski definition) is 3. The zero-order chi connectivity index (χ0) is 40.5. The molecular formula is C40H60O16. The summed E-state index contributed by atoms with van der Waals surface area (Å²) in [6.07, 6.45) is -3.43. The predicted molar refractivity (Wildman–Crippen MR) is 194 cm³/mol. The van der Waals surface area contributed by atoms with E-state index in [0.717, 1.165) is 5.57 Å². The Kier molecular flexibility index (Phi) is 14.0. The molecule has 4 heterocycles. The van der Waals surface area contributed by atoms with Crippen LogP contribution in [0.15, 0.2) is 28.4 Å². The number of esters is 1. The van der Waals surface area contributed by atoms with Gasteiger partial charge in [-0.25, -0.2) is 4.79 Å². The average Bonchev–Trinajstić information content (AvgIpc) is 3.59. The van der Waals surface area contributed by atoms with Crippen LogP contribution in [0.2, 0.25) is 0 Å². The van der Waals surface area contributed by atoms with Crippen LogP contribution in [-0.4, -0.2) is 141 Å². The molecule has 3 aliphatic heterocycles. The van der Waals surface area contributed by atoms with E-state index in [1.807, 2.05) is 26.8 Å². The predicted octanol–water partition coefficient (Wildman–Crippen LogP) is 3.66. The van der Waals surface area contributed by atoms with E-state index < -0.39 is 109 Å². The van der Waals surface area contributed by atoms with Gasteiger partial charge < -0.3 is 67.1 Å². The van der Waals surface area contributed by atoms with Crippen LogP contribution in [-0.2, 0) is 52.2 Å². The summed E-state index contributed by atoms with van der Waals surface area (Å²) in [6.45, 7) is 9.14. The first-order valence-corrected chi connectivity index (χ1v) is 19.7. The summed E-state index contributed by atoms with van der Waals surface area (Å²) >= 11 is 0. The maximum absolute atomic E-state index is 13.0. The Balaban J connectivity index is 1.06. The lowest BCUT2D eigenvalue weighted by Crippen LogP contribution is -2.57. The Morgan fingerprint density at radius 3 is 1.89 bits per heavy atom. The van der Waals surface area contributed by atoms with Crippen molar-refractivity contribution < 1.29 is 76.7 Å². The maximum Gasteiger partial charge on any atom is 0.341 e. The maximum atomic E-state index is 13.0. The number of rotatable bonds is 13.